The molecule has 1 heterocycles. The molecule has 1 aromatic rings. The van der Waals surface area contributed by atoms with E-state index in [1.54, 1.807) is 25.7 Å². The molecule has 0 spiro atoms. The van der Waals surface area contributed by atoms with Gasteiger partial charge in [-0.2, -0.15) is 13.2 Å². The van der Waals surface area contributed by atoms with Crippen molar-refractivity contribution in [3.8, 4) is 0 Å². The summed E-state index contributed by atoms with van der Waals surface area (Å²) < 4.78 is 46.3. The SMILES string of the molecule is CC(C)(C)OC(=O)N1CCC(CN(C(=O)C(F)(F)F)C2CC2c2ccc(I)cc2)CC1. The van der Waals surface area contributed by atoms with Gasteiger partial charge in [-0.15, -0.1) is 0 Å². The van der Waals surface area contributed by atoms with Gasteiger partial charge in [0.15, 0.2) is 0 Å². The molecule has 1 aliphatic carbocycles. The maximum atomic E-state index is 13.3. The van der Waals surface area contributed by atoms with Gasteiger partial charge in [-0.3, -0.25) is 4.79 Å². The number of rotatable bonds is 4. The van der Waals surface area contributed by atoms with Crippen LogP contribution in [0.4, 0.5) is 18.0 Å². The van der Waals surface area contributed by atoms with E-state index in [4.69, 9.17) is 4.74 Å². The highest BCUT2D eigenvalue weighted by Gasteiger charge is 2.52. The Morgan fingerprint density at radius 1 is 1.13 bits per heavy atom. The average Bonchev–Trinajstić information content (AvgIpc) is 3.45. The van der Waals surface area contributed by atoms with Crippen LogP contribution in [0.15, 0.2) is 24.3 Å². The lowest BCUT2D eigenvalue weighted by atomic mass is 9.96. The first-order valence-electron chi connectivity index (χ1n) is 10.5. The Morgan fingerprint density at radius 3 is 2.23 bits per heavy atom. The number of ether oxygens (including phenoxy) is 1. The van der Waals surface area contributed by atoms with Crippen molar-refractivity contribution in [1.82, 2.24) is 9.80 Å². The lowest BCUT2D eigenvalue weighted by Crippen LogP contribution is -2.48. The molecule has 2 fully saturated rings. The summed E-state index contributed by atoms with van der Waals surface area (Å²) in [6, 6.07) is 7.25. The number of halogens is 4. The van der Waals surface area contributed by atoms with Crippen LogP contribution < -0.4 is 0 Å². The van der Waals surface area contributed by atoms with E-state index >= 15 is 0 Å². The Kier molecular flexibility index (Phi) is 7.12. The Balaban J connectivity index is 1.62. The van der Waals surface area contributed by atoms with Gasteiger partial charge < -0.3 is 14.5 Å². The molecule has 5 nitrogen and oxygen atoms in total. The molecule has 2 unspecified atom stereocenters. The molecule has 0 N–H and O–H groups in total. The third-order valence-electron chi connectivity index (χ3n) is 5.68. The minimum Gasteiger partial charge on any atom is -0.444 e. The third kappa shape index (κ3) is 6.49. The molecular formula is C22H28F3IN2O3. The van der Waals surface area contributed by atoms with Crippen LogP contribution >= 0.6 is 22.6 Å². The number of carbonyl (C=O) groups is 2. The van der Waals surface area contributed by atoms with Gasteiger partial charge in [-0.1, -0.05) is 12.1 Å². The number of amides is 2. The third-order valence-corrected chi connectivity index (χ3v) is 6.40. The van der Waals surface area contributed by atoms with Crippen LogP contribution in [0, 0.1) is 9.49 Å². The Labute approximate surface area is 194 Å². The van der Waals surface area contributed by atoms with Crippen molar-refractivity contribution in [3.63, 3.8) is 0 Å². The standard InChI is InChI=1S/C22H28F3IN2O3/c1-21(2,3)31-20(30)27-10-8-14(9-11-27)13-28(19(29)22(23,24)25)18-12-17(18)15-4-6-16(26)7-5-15/h4-7,14,17-18H,8-13H2,1-3H3. The van der Waals surface area contributed by atoms with Crippen molar-refractivity contribution in [3.05, 3.63) is 33.4 Å². The fourth-order valence-corrected chi connectivity index (χ4v) is 4.39. The number of carbonyl (C=O) groups excluding carboxylic acids is 2. The topological polar surface area (TPSA) is 49.9 Å². The van der Waals surface area contributed by atoms with Crippen molar-refractivity contribution in [2.75, 3.05) is 19.6 Å². The molecule has 1 aliphatic heterocycles. The number of piperidine rings is 1. The lowest BCUT2D eigenvalue weighted by molar-refractivity contribution is -0.187. The van der Waals surface area contributed by atoms with Crippen molar-refractivity contribution < 1.29 is 27.5 Å². The Morgan fingerprint density at radius 2 is 1.71 bits per heavy atom. The zero-order valence-corrected chi connectivity index (χ0v) is 20.1. The molecule has 1 saturated carbocycles. The van der Waals surface area contributed by atoms with Gasteiger partial charge in [0.1, 0.15) is 5.60 Å². The number of nitrogens with zero attached hydrogens (tertiary/aromatic N) is 2. The van der Waals surface area contributed by atoms with Gasteiger partial charge in [0, 0.05) is 35.2 Å². The Bertz CT molecular complexity index is 800. The first-order valence-corrected chi connectivity index (χ1v) is 11.5. The smallest absolute Gasteiger partial charge is 0.444 e. The van der Waals surface area contributed by atoms with Crippen LogP contribution in [-0.2, 0) is 9.53 Å². The van der Waals surface area contributed by atoms with Crippen LogP contribution in [0.1, 0.15) is 51.5 Å². The van der Waals surface area contributed by atoms with E-state index in [0.29, 0.717) is 32.4 Å². The van der Waals surface area contributed by atoms with Crippen molar-refractivity contribution in [2.24, 2.45) is 5.92 Å². The number of likely N-dealkylation sites (tertiary alicyclic amines) is 1. The molecule has 0 bridgehead atoms. The normalized spacial score (nSPS) is 22.2. The highest BCUT2D eigenvalue weighted by Crippen LogP contribution is 2.46. The van der Waals surface area contributed by atoms with E-state index in [9.17, 15) is 22.8 Å². The summed E-state index contributed by atoms with van der Waals surface area (Å²) in [5.74, 6) is -1.91. The van der Waals surface area contributed by atoms with Gasteiger partial charge in [0.2, 0.25) is 0 Å². The second kappa shape index (κ2) is 9.15. The second-order valence-electron chi connectivity index (χ2n) is 9.33. The molecule has 1 aromatic carbocycles. The average molecular weight is 552 g/mol. The van der Waals surface area contributed by atoms with Crippen molar-refractivity contribution in [2.45, 2.75) is 63.8 Å². The molecule has 3 rings (SSSR count). The molecule has 1 saturated heterocycles. The van der Waals surface area contributed by atoms with Crippen LogP contribution in [0.25, 0.3) is 0 Å². The van der Waals surface area contributed by atoms with E-state index in [2.05, 4.69) is 22.6 Å². The largest absolute Gasteiger partial charge is 0.471 e. The second-order valence-corrected chi connectivity index (χ2v) is 10.6. The molecule has 2 atom stereocenters. The van der Waals surface area contributed by atoms with Crippen molar-refractivity contribution >= 4 is 34.6 Å². The van der Waals surface area contributed by atoms with E-state index < -0.39 is 29.8 Å². The molecule has 172 valence electrons. The maximum absolute atomic E-state index is 13.3. The minimum absolute atomic E-state index is 0.0615. The fraction of sp³-hybridized carbons (Fsp3) is 0.636. The molecule has 9 heteroatoms. The molecule has 2 aliphatic rings. The summed E-state index contributed by atoms with van der Waals surface area (Å²) in [5.41, 5.74) is 0.366. The summed E-state index contributed by atoms with van der Waals surface area (Å²) in [6.45, 7) is 6.26. The summed E-state index contributed by atoms with van der Waals surface area (Å²) in [6.07, 6.45) is -3.67. The summed E-state index contributed by atoms with van der Waals surface area (Å²) in [5, 5.41) is 0. The highest BCUT2D eigenvalue weighted by atomic mass is 127. The Hall–Kier alpha value is -1.52. The maximum Gasteiger partial charge on any atom is 0.471 e. The van der Waals surface area contributed by atoms with Crippen LogP contribution in [-0.4, -0.2) is 59.3 Å². The van der Waals surface area contributed by atoms with Gasteiger partial charge in [0.25, 0.3) is 0 Å². The van der Waals surface area contributed by atoms with Crippen molar-refractivity contribution in [1.29, 1.82) is 0 Å². The molecule has 31 heavy (non-hydrogen) atoms. The quantitative estimate of drug-likeness (QED) is 0.484. The van der Waals surface area contributed by atoms with Crippen LogP contribution in [0.2, 0.25) is 0 Å². The van der Waals surface area contributed by atoms with Gasteiger partial charge >= 0.3 is 18.2 Å². The monoisotopic (exact) mass is 552 g/mol. The van der Waals surface area contributed by atoms with E-state index in [-0.39, 0.29) is 18.4 Å². The van der Waals surface area contributed by atoms with Crippen LogP contribution in [0.3, 0.4) is 0 Å². The van der Waals surface area contributed by atoms with Gasteiger partial charge in [0.05, 0.1) is 0 Å². The number of benzene rings is 1. The predicted molar refractivity (Wildman–Crippen MR) is 119 cm³/mol. The molecule has 0 radical (unpaired) electrons. The molecular weight excluding hydrogens is 524 g/mol. The summed E-state index contributed by atoms with van der Waals surface area (Å²) in [7, 11) is 0. The summed E-state index contributed by atoms with van der Waals surface area (Å²) in [4.78, 5) is 27.0. The number of alkyl halides is 3. The zero-order chi connectivity index (χ0) is 23.0. The van der Waals surface area contributed by atoms with E-state index in [0.717, 1.165) is 14.0 Å². The fourth-order valence-electron chi connectivity index (χ4n) is 4.03. The highest BCUT2D eigenvalue weighted by molar-refractivity contribution is 14.1. The molecule has 0 aromatic heterocycles. The van der Waals surface area contributed by atoms with E-state index in [1.165, 1.54) is 0 Å². The van der Waals surface area contributed by atoms with E-state index in [1.807, 2.05) is 24.3 Å². The predicted octanol–water partition coefficient (Wildman–Crippen LogP) is 5.19. The van der Waals surface area contributed by atoms with Crippen LogP contribution in [0.5, 0.6) is 0 Å². The lowest BCUT2D eigenvalue weighted by Gasteiger charge is -2.36. The molecule has 2 amide bonds. The first-order chi connectivity index (χ1) is 14.3. The minimum atomic E-state index is -4.89. The first kappa shape index (κ1) is 24.1. The van der Waals surface area contributed by atoms with Gasteiger partial charge in [-0.25, -0.2) is 4.79 Å². The van der Waals surface area contributed by atoms with Gasteiger partial charge in [-0.05, 0) is 86.2 Å². The number of hydrogen-bond donors (Lipinski definition) is 0. The zero-order valence-electron chi connectivity index (χ0n) is 17.9. The number of hydrogen-bond acceptors (Lipinski definition) is 3. The summed E-state index contributed by atoms with van der Waals surface area (Å²) >= 11 is 2.18.